The molecule has 0 radical (unpaired) electrons. The zero-order valence-corrected chi connectivity index (χ0v) is 94.8. The van der Waals surface area contributed by atoms with Crippen molar-refractivity contribution in [2.45, 2.75) is 370 Å². The molecular formula is C136H163N5O6Zn. The molecule has 0 spiro atoms. The second kappa shape index (κ2) is 53.6. The molecule has 2 aliphatic heterocycles. The number of carbonyl (C=O) groups is 1. The average molecular weight is 2030 g/mol. The van der Waals surface area contributed by atoms with E-state index in [-0.39, 0.29) is 41.3 Å². The fourth-order valence-electron chi connectivity index (χ4n) is 21.8. The standard InChI is InChI=1S/C136H164N5O6.Zn/c1-14-18-22-26-30-34-38-42-46-50-86-144-121-62-56-63-122(145-87-51-47-43-39-35-31-27-23-19-15-2)131(121)127-115-82-78-111(137-115)108(76-68-96-66-69-99(70-67-96)133(142)143)112-79-83-116(138-112)128(132-123(146-88-52-48-44-40-36-32-28-24-20-16-3)64-57-65-124(132)147-89-53-49-45-41-37-33-29-25-21-17-4)118-85-81-114(140-118)109(113-80-84-117(127)139-113)77-73-100-92-119-129-125-104(100)58-54-59-105(125)106-60-55-61-107-110(98-71-74-101(75-72-98)134(5,6)7)94-120(130(129)126(106)107)141(119)95-97-90-102(135(8,9)10)93-103(91-97)136(11,12)13;/h54-67,69-72,74-75,78-85,90-94H,14-53,86-89,95H2,1-13H3,(H2-,137,138,139,140,142,143);/q-1;+2/p-1. The van der Waals surface area contributed by atoms with E-state index in [0.717, 1.165) is 116 Å². The molecule has 0 aliphatic carbocycles. The van der Waals surface area contributed by atoms with E-state index in [9.17, 15) is 9.90 Å². The van der Waals surface area contributed by atoms with Crippen LogP contribution in [0.1, 0.15) is 424 Å². The quantitative estimate of drug-likeness (QED) is 0.0129. The summed E-state index contributed by atoms with van der Waals surface area (Å²) >= 11 is 0. The first kappa shape index (κ1) is 110. The molecule has 16 rings (SSSR count). The number of ether oxygens (including phenoxy) is 4. The molecule has 0 saturated heterocycles. The summed E-state index contributed by atoms with van der Waals surface area (Å²) in [7, 11) is 0. The van der Waals surface area contributed by atoms with Gasteiger partial charge in [-0.1, -0.05) is 460 Å². The van der Waals surface area contributed by atoms with Gasteiger partial charge in [-0.15, -0.1) is 22.1 Å². The fraction of sp³-hybridized carbons (Fsp3) is 0.449. The number of aromatic carboxylic acids is 1. The first-order chi connectivity index (χ1) is 71.6. The third kappa shape index (κ3) is 27.9. The average Bonchev–Trinajstić information content (AvgIpc) is 1.51. The summed E-state index contributed by atoms with van der Waals surface area (Å²) in [6.45, 7) is 32.8. The second-order valence-electron chi connectivity index (χ2n) is 45.1. The van der Waals surface area contributed by atoms with Gasteiger partial charge in [-0.25, -0.2) is 14.8 Å². The molecule has 10 aromatic carbocycles. The molecule has 0 saturated carbocycles. The number of hydrogen-bond donors (Lipinski definition) is 1. The minimum Gasteiger partial charge on any atom is -0.656 e. The van der Waals surface area contributed by atoms with E-state index in [1.54, 1.807) is 24.3 Å². The summed E-state index contributed by atoms with van der Waals surface area (Å²) in [5.74, 6) is 16.9. The van der Waals surface area contributed by atoms with Crippen molar-refractivity contribution in [1.29, 1.82) is 0 Å². The van der Waals surface area contributed by atoms with Gasteiger partial charge in [0, 0.05) is 61.5 Å². The SMILES string of the molecule is CCCCCCCCCCCCOc1cccc(OCCCCCCCCCCCC)c1-c1c2nc(c(C#Cc3cc4c5c6c3cccc6c3cccc6c(-c7ccc(C(C)(C)C)cc7)cc(c5c63)n4Cc3cc(C(C)(C)C)cc(C(C)(C)C)c3)c3ccc([n-]3)c(-c3c(OCCCCCCCCCCCC)cccc3OCCCCCCCCCCCC)c3nc(c(C#Cc4ccc(C(=O)O)cc4)c4ccc1[n-]4)C=C3)C=C2.[Zn+2]. The third-order valence-electron chi connectivity index (χ3n) is 30.4. The Morgan fingerprint density at radius 3 is 1.05 bits per heavy atom. The largest absolute Gasteiger partial charge is 2.00 e. The number of unbranched alkanes of at least 4 members (excludes halogenated alkanes) is 36. The molecule has 148 heavy (non-hydrogen) atoms. The van der Waals surface area contributed by atoms with Crippen molar-refractivity contribution >= 4 is 106 Å². The van der Waals surface area contributed by atoms with Gasteiger partial charge in [-0.05, 0) is 182 Å². The minimum atomic E-state index is -1.01. The maximum absolute atomic E-state index is 12.4. The first-order valence-corrected chi connectivity index (χ1v) is 57.0. The summed E-state index contributed by atoms with van der Waals surface area (Å²) in [5.41, 5.74) is 20.6. The van der Waals surface area contributed by atoms with Crippen LogP contribution in [0.5, 0.6) is 23.0 Å². The van der Waals surface area contributed by atoms with Crippen molar-refractivity contribution in [3.8, 4) is 80.1 Å². The second-order valence-corrected chi connectivity index (χ2v) is 45.1. The number of carboxylic acids is 1. The molecule has 14 aromatic rings. The van der Waals surface area contributed by atoms with Crippen LogP contribution >= 0.6 is 0 Å². The van der Waals surface area contributed by atoms with Crippen LogP contribution in [-0.2, 0) is 42.3 Å². The van der Waals surface area contributed by atoms with Crippen LogP contribution < -0.4 is 28.9 Å². The molecule has 1 N–H and O–H groups in total. The van der Waals surface area contributed by atoms with Crippen LogP contribution in [0.4, 0.5) is 0 Å². The summed E-state index contributed by atoms with van der Waals surface area (Å²) in [6.07, 6.45) is 56.7. The van der Waals surface area contributed by atoms with Crippen molar-refractivity contribution in [2.75, 3.05) is 26.4 Å². The van der Waals surface area contributed by atoms with Crippen molar-refractivity contribution < 1.29 is 48.3 Å². The van der Waals surface area contributed by atoms with E-state index in [1.807, 2.05) is 0 Å². The number of nitrogens with zero attached hydrogens (tertiary/aromatic N) is 5. The molecule has 6 heterocycles. The normalized spacial score (nSPS) is 12.2. The summed E-state index contributed by atoms with van der Waals surface area (Å²) in [4.78, 5) is 36.0. The molecule has 12 heteroatoms. The van der Waals surface area contributed by atoms with E-state index >= 15 is 0 Å². The van der Waals surface area contributed by atoms with Crippen molar-refractivity contribution in [1.82, 2.24) is 24.5 Å². The predicted octanol–water partition coefficient (Wildman–Crippen LogP) is 38.0. The van der Waals surface area contributed by atoms with E-state index < -0.39 is 5.97 Å². The van der Waals surface area contributed by atoms with Gasteiger partial charge in [-0.3, -0.25) is 0 Å². The summed E-state index contributed by atoms with van der Waals surface area (Å²) in [5, 5.41) is 19.8. The number of rotatable bonds is 54. The van der Waals surface area contributed by atoms with E-state index in [2.05, 4.69) is 294 Å². The molecule has 8 bridgehead atoms. The fourth-order valence-corrected chi connectivity index (χ4v) is 21.8. The van der Waals surface area contributed by atoms with Crippen molar-refractivity contribution in [3.63, 3.8) is 0 Å². The van der Waals surface area contributed by atoms with Crippen LogP contribution in [0, 0.1) is 23.7 Å². The van der Waals surface area contributed by atoms with E-state index in [1.165, 1.54) is 256 Å². The van der Waals surface area contributed by atoms with Gasteiger partial charge in [0.15, 0.2) is 0 Å². The maximum Gasteiger partial charge on any atom is 2.00 e. The number of fused-ring (bicyclic) bond motifs is 9. The number of benzene rings is 10. The van der Waals surface area contributed by atoms with Crippen molar-refractivity contribution in [2.24, 2.45) is 0 Å². The Balaban J connectivity index is 0.0000164. The molecule has 770 valence electrons. The number of carboxylic acid groups (broad SMARTS) is 1. The Hall–Kier alpha value is -11.7. The third-order valence-corrected chi connectivity index (χ3v) is 30.4. The zero-order valence-electron chi connectivity index (χ0n) is 91.8. The monoisotopic (exact) mass is 2030 g/mol. The molecule has 0 atom stereocenters. The summed E-state index contributed by atoms with van der Waals surface area (Å²) < 4.78 is 31.6. The molecule has 11 nitrogen and oxygen atoms in total. The Kier molecular flexibility index (Phi) is 40.0. The smallest absolute Gasteiger partial charge is 0.656 e. The minimum absolute atomic E-state index is 0. The van der Waals surface area contributed by atoms with Crippen LogP contribution in [0.3, 0.4) is 0 Å². The van der Waals surface area contributed by atoms with Gasteiger partial charge < -0.3 is 38.6 Å². The summed E-state index contributed by atoms with van der Waals surface area (Å²) in [6, 6.07) is 63.1. The number of aromatic nitrogens is 5. The van der Waals surface area contributed by atoms with Crippen LogP contribution in [0.15, 0.2) is 176 Å². The first-order valence-electron chi connectivity index (χ1n) is 57.0. The van der Waals surface area contributed by atoms with Gasteiger partial charge in [0.25, 0.3) is 0 Å². The Bertz CT molecular complexity index is 6910. The van der Waals surface area contributed by atoms with Gasteiger partial charge in [0.05, 0.1) is 76.9 Å². The van der Waals surface area contributed by atoms with Crippen LogP contribution in [-0.4, -0.2) is 52.0 Å². The predicted molar refractivity (Wildman–Crippen MR) is 624 cm³/mol. The Morgan fingerprint density at radius 1 is 0.324 bits per heavy atom. The molecule has 0 fully saturated rings. The molecule has 2 aliphatic rings. The van der Waals surface area contributed by atoms with Crippen molar-refractivity contribution in [3.05, 3.63) is 249 Å². The molecular weight excluding hydrogens is 1860 g/mol. The van der Waals surface area contributed by atoms with E-state index in [4.69, 9.17) is 38.9 Å². The van der Waals surface area contributed by atoms with Gasteiger partial charge >= 0.3 is 25.4 Å². The maximum atomic E-state index is 12.4. The van der Waals surface area contributed by atoms with Gasteiger partial charge in [-0.2, -0.15) is 0 Å². The molecule has 0 amide bonds. The van der Waals surface area contributed by atoms with Gasteiger partial charge in [0.2, 0.25) is 0 Å². The van der Waals surface area contributed by atoms with Crippen LogP contribution in [0.2, 0.25) is 0 Å². The number of hydrogen-bond acceptors (Lipinski definition) is 7. The topological polar surface area (TPSA) is 133 Å². The van der Waals surface area contributed by atoms with E-state index in [0.29, 0.717) is 118 Å². The molecule has 4 aromatic heterocycles. The Labute approximate surface area is 897 Å². The zero-order chi connectivity index (χ0) is 103. The Morgan fingerprint density at radius 2 is 0.662 bits per heavy atom. The van der Waals surface area contributed by atoms with Gasteiger partial charge in [0.1, 0.15) is 23.0 Å². The molecule has 0 unspecified atom stereocenters. The van der Waals surface area contributed by atoms with Crippen LogP contribution in [0.25, 0.3) is 134 Å².